The Hall–Kier alpha value is -2.01. The molecule has 1 saturated carbocycles. The maximum absolute atomic E-state index is 12.8. The smallest absolute Gasteiger partial charge is 0.401 e. The Morgan fingerprint density at radius 1 is 1.04 bits per heavy atom. The summed E-state index contributed by atoms with van der Waals surface area (Å²) in [5, 5.41) is 0. The van der Waals surface area contributed by atoms with E-state index < -0.39 is 12.7 Å². The Balaban J connectivity index is 1.56. The summed E-state index contributed by atoms with van der Waals surface area (Å²) < 4.78 is 44.0. The van der Waals surface area contributed by atoms with Gasteiger partial charge in [-0.05, 0) is 34.9 Å². The van der Waals surface area contributed by atoms with Gasteiger partial charge in [0.25, 0.3) is 0 Å². The van der Waals surface area contributed by atoms with Gasteiger partial charge in [-0.1, -0.05) is 49.4 Å². The molecule has 0 radical (unpaired) electrons. The first kappa shape index (κ1) is 17.4. The van der Waals surface area contributed by atoms with Crippen LogP contribution >= 0.6 is 0 Å². The average molecular weight is 361 g/mol. The molecule has 0 aromatic heterocycles. The lowest BCUT2D eigenvalue weighted by Crippen LogP contribution is -2.35. The van der Waals surface area contributed by atoms with Crippen molar-refractivity contribution in [3.05, 3.63) is 65.2 Å². The van der Waals surface area contributed by atoms with Crippen LogP contribution in [0, 0.1) is 5.92 Å². The van der Waals surface area contributed by atoms with Crippen molar-refractivity contribution in [2.75, 3.05) is 19.7 Å². The van der Waals surface area contributed by atoms with E-state index >= 15 is 0 Å². The topological polar surface area (TPSA) is 12.5 Å². The molecular weight excluding hydrogens is 339 g/mol. The molecule has 26 heavy (non-hydrogen) atoms. The summed E-state index contributed by atoms with van der Waals surface area (Å²) in [6.07, 6.45) is -4.19. The first-order chi connectivity index (χ1) is 12.4. The zero-order valence-corrected chi connectivity index (χ0v) is 14.7. The van der Waals surface area contributed by atoms with Crippen molar-refractivity contribution in [1.82, 2.24) is 4.90 Å². The fraction of sp³-hybridized carbons (Fsp3) is 0.429. The Bertz CT molecular complexity index is 775. The van der Waals surface area contributed by atoms with Crippen LogP contribution in [0.5, 0.6) is 5.75 Å². The van der Waals surface area contributed by atoms with E-state index in [1.807, 2.05) is 18.2 Å². The lowest BCUT2D eigenvalue weighted by molar-refractivity contribution is -0.147. The number of fused-ring (bicyclic) bond motifs is 1. The molecule has 0 bridgehead atoms. The van der Waals surface area contributed by atoms with Gasteiger partial charge in [-0.3, -0.25) is 4.90 Å². The molecule has 0 saturated heterocycles. The summed E-state index contributed by atoms with van der Waals surface area (Å²) >= 11 is 0. The van der Waals surface area contributed by atoms with Crippen molar-refractivity contribution >= 4 is 0 Å². The Kier molecular flexibility index (Phi) is 4.43. The standard InChI is InChI=1S/C21H22F3NO/c1-14-19(15-5-3-2-4-6-15)20(14)16-7-8-18-17(11-16)12-25(9-10-26-18)13-21(22,23)24/h2-8,11,14,19-20H,9-10,12-13H2,1H3/t14-,19?,20-/m1/s1. The molecule has 1 aliphatic carbocycles. The minimum Gasteiger partial charge on any atom is -0.492 e. The van der Waals surface area contributed by atoms with Crippen LogP contribution in [-0.4, -0.2) is 30.8 Å². The summed E-state index contributed by atoms with van der Waals surface area (Å²) in [4.78, 5) is 1.42. The maximum atomic E-state index is 12.8. The lowest BCUT2D eigenvalue weighted by Gasteiger charge is -2.20. The van der Waals surface area contributed by atoms with Crippen LogP contribution in [0.4, 0.5) is 13.2 Å². The Labute approximate surface area is 151 Å². The van der Waals surface area contributed by atoms with E-state index in [1.54, 1.807) is 0 Å². The molecule has 2 aromatic rings. The predicted octanol–water partition coefficient (Wildman–Crippen LogP) is 4.96. The zero-order chi connectivity index (χ0) is 18.3. The fourth-order valence-corrected chi connectivity index (χ4v) is 4.22. The summed E-state index contributed by atoms with van der Waals surface area (Å²) in [6.45, 7) is 2.19. The third kappa shape index (κ3) is 3.58. The van der Waals surface area contributed by atoms with E-state index in [9.17, 15) is 13.2 Å². The van der Waals surface area contributed by atoms with Gasteiger partial charge >= 0.3 is 6.18 Å². The summed E-state index contributed by atoms with van der Waals surface area (Å²) in [7, 11) is 0. The second-order valence-corrected chi connectivity index (χ2v) is 7.36. The Morgan fingerprint density at radius 3 is 2.50 bits per heavy atom. The number of nitrogens with zero attached hydrogens (tertiary/aromatic N) is 1. The number of alkyl halides is 3. The molecule has 4 rings (SSSR count). The highest BCUT2D eigenvalue weighted by molar-refractivity contribution is 5.44. The highest BCUT2D eigenvalue weighted by atomic mass is 19.4. The van der Waals surface area contributed by atoms with Crippen molar-refractivity contribution in [1.29, 1.82) is 0 Å². The summed E-state index contributed by atoms with van der Waals surface area (Å²) in [5.74, 6) is 2.14. The van der Waals surface area contributed by atoms with E-state index in [2.05, 4.69) is 37.3 Å². The molecule has 3 atom stereocenters. The summed E-state index contributed by atoms with van der Waals surface area (Å²) in [5.41, 5.74) is 3.38. The normalized spacial score (nSPS) is 25.9. The van der Waals surface area contributed by atoms with E-state index in [1.165, 1.54) is 16.0 Å². The largest absolute Gasteiger partial charge is 0.492 e. The highest BCUT2D eigenvalue weighted by Crippen LogP contribution is 2.60. The minimum atomic E-state index is -4.19. The molecule has 2 aliphatic rings. The van der Waals surface area contributed by atoms with Gasteiger partial charge in [0.1, 0.15) is 12.4 Å². The van der Waals surface area contributed by atoms with Crippen LogP contribution in [0.3, 0.4) is 0 Å². The predicted molar refractivity (Wildman–Crippen MR) is 94.4 cm³/mol. The SMILES string of the molecule is C[C@@H]1C(c2ccccc2)[C@H]1c1ccc2c(c1)CN(CC(F)(F)F)CCO2. The third-order valence-electron chi connectivity index (χ3n) is 5.49. The lowest BCUT2D eigenvalue weighted by atomic mass is 10.0. The minimum absolute atomic E-state index is 0.278. The molecule has 0 spiro atoms. The molecule has 1 fully saturated rings. The zero-order valence-electron chi connectivity index (χ0n) is 14.7. The van der Waals surface area contributed by atoms with Gasteiger partial charge in [0.2, 0.25) is 0 Å². The van der Waals surface area contributed by atoms with E-state index in [4.69, 9.17) is 4.74 Å². The maximum Gasteiger partial charge on any atom is 0.401 e. The van der Waals surface area contributed by atoms with Crippen molar-refractivity contribution in [3.8, 4) is 5.75 Å². The van der Waals surface area contributed by atoms with Crippen molar-refractivity contribution in [3.63, 3.8) is 0 Å². The van der Waals surface area contributed by atoms with Crippen molar-refractivity contribution in [2.24, 2.45) is 5.92 Å². The van der Waals surface area contributed by atoms with E-state index in [-0.39, 0.29) is 19.7 Å². The average Bonchev–Trinajstić information content (AvgIpc) is 3.30. The molecule has 138 valence electrons. The van der Waals surface area contributed by atoms with Crippen LogP contribution in [0.15, 0.2) is 48.5 Å². The summed E-state index contributed by atoms with van der Waals surface area (Å²) in [6, 6.07) is 16.5. The van der Waals surface area contributed by atoms with Gasteiger partial charge < -0.3 is 4.74 Å². The molecular formula is C21H22F3NO. The Morgan fingerprint density at radius 2 is 1.77 bits per heavy atom. The van der Waals surface area contributed by atoms with Gasteiger partial charge in [-0.2, -0.15) is 13.2 Å². The van der Waals surface area contributed by atoms with E-state index in [0.717, 1.165) is 5.56 Å². The number of ether oxygens (including phenoxy) is 1. The van der Waals surface area contributed by atoms with Gasteiger partial charge in [-0.15, -0.1) is 0 Å². The van der Waals surface area contributed by atoms with Crippen molar-refractivity contribution < 1.29 is 17.9 Å². The van der Waals surface area contributed by atoms with Crippen LogP contribution in [0.25, 0.3) is 0 Å². The van der Waals surface area contributed by atoms with Gasteiger partial charge in [-0.25, -0.2) is 0 Å². The van der Waals surface area contributed by atoms with Gasteiger partial charge in [0.15, 0.2) is 0 Å². The monoisotopic (exact) mass is 361 g/mol. The molecule has 5 heteroatoms. The van der Waals surface area contributed by atoms with Crippen molar-refractivity contribution in [2.45, 2.75) is 31.5 Å². The molecule has 2 nitrogen and oxygen atoms in total. The quantitative estimate of drug-likeness (QED) is 0.766. The van der Waals surface area contributed by atoms with E-state index in [0.29, 0.717) is 23.5 Å². The second kappa shape index (κ2) is 6.62. The molecule has 2 aromatic carbocycles. The van der Waals surface area contributed by atoms with Gasteiger partial charge in [0.05, 0.1) is 6.54 Å². The number of benzene rings is 2. The third-order valence-corrected chi connectivity index (χ3v) is 5.49. The number of hydrogen-bond donors (Lipinski definition) is 0. The van der Waals surface area contributed by atoms with Crippen LogP contribution in [0.2, 0.25) is 0 Å². The number of hydrogen-bond acceptors (Lipinski definition) is 2. The first-order valence-electron chi connectivity index (χ1n) is 9.02. The van der Waals surface area contributed by atoms with Crippen LogP contribution < -0.4 is 4.74 Å². The molecule has 1 heterocycles. The van der Waals surface area contributed by atoms with Crippen LogP contribution in [-0.2, 0) is 6.54 Å². The second-order valence-electron chi connectivity index (χ2n) is 7.36. The highest BCUT2D eigenvalue weighted by Gasteiger charge is 2.48. The number of rotatable bonds is 3. The van der Waals surface area contributed by atoms with Gasteiger partial charge in [0, 0.05) is 18.7 Å². The fourth-order valence-electron chi connectivity index (χ4n) is 4.22. The molecule has 1 unspecified atom stereocenters. The first-order valence-corrected chi connectivity index (χ1v) is 9.02. The molecule has 0 N–H and O–H groups in total. The number of halogens is 3. The molecule has 1 aliphatic heterocycles. The molecule has 0 amide bonds. The van der Waals surface area contributed by atoms with Crippen LogP contribution in [0.1, 0.15) is 35.4 Å².